The zero-order valence-corrected chi connectivity index (χ0v) is 8.96. The van der Waals surface area contributed by atoms with Crippen LogP contribution >= 0.6 is 11.8 Å². The van der Waals surface area contributed by atoms with Crippen LogP contribution in [0.25, 0.3) is 0 Å². The Balaban J connectivity index is 2.13. The van der Waals surface area contributed by atoms with Gasteiger partial charge in [0.25, 0.3) is 0 Å². The molecule has 2 rings (SSSR count). The molecule has 3 atom stereocenters. The van der Waals surface area contributed by atoms with Crippen molar-refractivity contribution in [3.63, 3.8) is 0 Å². The molecule has 1 saturated carbocycles. The highest BCUT2D eigenvalue weighted by molar-refractivity contribution is 8.14. The van der Waals surface area contributed by atoms with Crippen molar-refractivity contribution in [1.29, 1.82) is 5.26 Å². The van der Waals surface area contributed by atoms with Crippen molar-refractivity contribution in [1.82, 2.24) is 5.32 Å². The van der Waals surface area contributed by atoms with Gasteiger partial charge >= 0.3 is 0 Å². The lowest BCUT2D eigenvalue weighted by molar-refractivity contribution is -0.123. The van der Waals surface area contributed by atoms with E-state index in [2.05, 4.69) is 10.3 Å². The summed E-state index contributed by atoms with van der Waals surface area (Å²) < 4.78 is 0. The van der Waals surface area contributed by atoms with E-state index < -0.39 is 0 Å². The topological polar surface area (TPSA) is 91.3 Å². The number of fused-ring (bicyclic) bond motifs is 1. The molecule has 1 amide bonds. The second-order valence-electron chi connectivity index (χ2n) is 3.76. The molecular weight excluding hydrogens is 212 g/mol. The number of rotatable bonds is 1. The molecule has 2 aliphatic rings. The van der Waals surface area contributed by atoms with Crippen LogP contribution in [0.5, 0.6) is 0 Å². The van der Waals surface area contributed by atoms with Crippen LogP contribution in [0.2, 0.25) is 0 Å². The minimum atomic E-state index is -0.271. The summed E-state index contributed by atoms with van der Waals surface area (Å²) in [7, 11) is 0. The summed E-state index contributed by atoms with van der Waals surface area (Å²) in [6.07, 6.45) is 4.72. The molecule has 0 aromatic heterocycles. The van der Waals surface area contributed by atoms with Gasteiger partial charge in [-0.3, -0.25) is 15.1 Å². The van der Waals surface area contributed by atoms with Crippen LogP contribution in [-0.4, -0.2) is 22.4 Å². The Kier molecular flexibility index (Phi) is 2.82. The fourth-order valence-electron chi connectivity index (χ4n) is 2.17. The van der Waals surface area contributed by atoms with E-state index in [9.17, 15) is 4.79 Å². The SMILES string of the molecule is N#CNC1=NC2C(CCCC2C(N)=O)S1. The van der Waals surface area contributed by atoms with Crippen molar-refractivity contribution >= 4 is 22.8 Å². The zero-order chi connectivity index (χ0) is 10.8. The van der Waals surface area contributed by atoms with Crippen LogP contribution in [0.1, 0.15) is 19.3 Å². The van der Waals surface area contributed by atoms with Gasteiger partial charge in [0.15, 0.2) is 11.4 Å². The number of aliphatic imine (C=N–C) groups is 1. The summed E-state index contributed by atoms with van der Waals surface area (Å²) in [4.78, 5) is 15.6. The van der Waals surface area contributed by atoms with Crippen molar-refractivity contribution in [2.75, 3.05) is 0 Å². The van der Waals surface area contributed by atoms with Gasteiger partial charge < -0.3 is 5.73 Å². The van der Waals surface area contributed by atoms with Crippen LogP contribution in [0, 0.1) is 17.4 Å². The normalized spacial score (nSPS) is 33.8. The van der Waals surface area contributed by atoms with Gasteiger partial charge in [0, 0.05) is 5.25 Å². The summed E-state index contributed by atoms with van der Waals surface area (Å²) in [5, 5.41) is 12.0. The van der Waals surface area contributed by atoms with Crippen molar-refractivity contribution in [3.8, 4) is 6.19 Å². The fourth-order valence-corrected chi connectivity index (χ4v) is 3.42. The lowest BCUT2D eigenvalue weighted by atomic mass is 9.84. The maximum absolute atomic E-state index is 11.2. The number of nitrogens with two attached hydrogens (primary N) is 1. The first-order valence-electron chi connectivity index (χ1n) is 4.91. The number of carbonyl (C=O) groups excluding carboxylic acids is 1. The molecule has 15 heavy (non-hydrogen) atoms. The van der Waals surface area contributed by atoms with E-state index in [-0.39, 0.29) is 17.9 Å². The van der Waals surface area contributed by atoms with Gasteiger partial charge in [-0.25, -0.2) is 0 Å². The molecule has 5 nitrogen and oxygen atoms in total. The van der Waals surface area contributed by atoms with Gasteiger partial charge in [0.05, 0.1) is 12.0 Å². The fraction of sp³-hybridized carbons (Fsp3) is 0.667. The molecule has 0 radical (unpaired) electrons. The van der Waals surface area contributed by atoms with Crippen molar-refractivity contribution in [3.05, 3.63) is 0 Å². The van der Waals surface area contributed by atoms with Crippen molar-refractivity contribution < 1.29 is 4.79 Å². The number of hydrogen-bond acceptors (Lipinski definition) is 5. The Morgan fingerprint density at radius 3 is 3.13 bits per heavy atom. The molecule has 1 aliphatic heterocycles. The van der Waals surface area contributed by atoms with E-state index in [0.717, 1.165) is 19.3 Å². The molecule has 1 heterocycles. The van der Waals surface area contributed by atoms with Crippen molar-refractivity contribution in [2.45, 2.75) is 30.6 Å². The Labute approximate surface area is 92.1 Å². The Bertz CT molecular complexity index is 349. The smallest absolute Gasteiger partial charge is 0.222 e. The van der Waals surface area contributed by atoms with E-state index in [1.807, 2.05) is 6.19 Å². The lowest BCUT2D eigenvalue weighted by Crippen LogP contribution is -2.39. The lowest BCUT2D eigenvalue weighted by Gasteiger charge is -2.28. The number of carbonyl (C=O) groups is 1. The molecule has 1 fully saturated rings. The Hall–Kier alpha value is -1.22. The average molecular weight is 224 g/mol. The summed E-state index contributed by atoms with van der Waals surface area (Å²) in [5.74, 6) is -0.429. The van der Waals surface area contributed by atoms with E-state index in [1.165, 1.54) is 0 Å². The van der Waals surface area contributed by atoms with Gasteiger partial charge in [-0.05, 0) is 12.8 Å². The quantitative estimate of drug-likeness (QED) is 0.491. The van der Waals surface area contributed by atoms with E-state index >= 15 is 0 Å². The molecule has 3 unspecified atom stereocenters. The predicted molar refractivity (Wildman–Crippen MR) is 57.9 cm³/mol. The molecule has 0 spiro atoms. The molecule has 1 aliphatic carbocycles. The van der Waals surface area contributed by atoms with Gasteiger partial charge in [-0.1, -0.05) is 18.2 Å². The maximum atomic E-state index is 11.2. The molecular formula is C9H12N4OS. The molecule has 80 valence electrons. The third kappa shape index (κ3) is 1.92. The maximum Gasteiger partial charge on any atom is 0.222 e. The third-order valence-electron chi connectivity index (χ3n) is 2.85. The number of nitrogens with one attached hydrogen (secondary N) is 1. The number of hydrogen-bond donors (Lipinski definition) is 2. The number of thioether (sulfide) groups is 1. The predicted octanol–water partition coefficient (Wildman–Crippen LogP) is 0.182. The first kappa shape index (κ1) is 10.3. The average Bonchev–Trinajstić information content (AvgIpc) is 2.59. The number of amides is 1. The molecule has 0 saturated heterocycles. The number of nitrogens with zero attached hydrogens (tertiary/aromatic N) is 2. The van der Waals surface area contributed by atoms with Gasteiger partial charge in [0.1, 0.15) is 0 Å². The summed E-state index contributed by atoms with van der Waals surface area (Å²) in [6.45, 7) is 0. The van der Waals surface area contributed by atoms with Gasteiger partial charge in [-0.2, -0.15) is 5.26 Å². The Morgan fingerprint density at radius 1 is 1.67 bits per heavy atom. The number of primary amides is 1. The van der Waals surface area contributed by atoms with E-state index in [1.54, 1.807) is 11.8 Å². The monoisotopic (exact) mass is 224 g/mol. The highest BCUT2D eigenvalue weighted by Gasteiger charge is 2.41. The first-order chi connectivity index (χ1) is 7.22. The van der Waals surface area contributed by atoms with Crippen LogP contribution in [-0.2, 0) is 4.79 Å². The first-order valence-corrected chi connectivity index (χ1v) is 5.79. The zero-order valence-electron chi connectivity index (χ0n) is 8.14. The largest absolute Gasteiger partial charge is 0.369 e. The number of nitriles is 1. The van der Waals surface area contributed by atoms with Gasteiger partial charge in [0.2, 0.25) is 5.91 Å². The van der Waals surface area contributed by atoms with Crippen LogP contribution in [0.4, 0.5) is 0 Å². The van der Waals surface area contributed by atoms with Crippen LogP contribution in [0.15, 0.2) is 4.99 Å². The van der Waals surface area contributed by atoms with Crippen molar-refractivity contribution in [2.24, 2.45) is 16.6 Å². The summed E-state index contributed by atoms with van der Waals surface area (Å²) in [6, 6.07) is -0.0305. The van der Waals surface area contributed by atoms with E-state index in [0.29, 0.717) is 10.4 Å². The second-order valence-corrected chi connectivity index (χ2v) is 4.99. The highest BCUT2D eigenvalue weighted by Crippen LogP contribution is 2.39. The number of amidine groups is 1. The minimum absolute atomic E-state index is 0.0305. The summed E-state index contributed by atoms with van der Waals surface area (Å²) in [5.41, 5.74) is 5.34. The van der Waals surface area contributed by atoms with Crippen LogP contribution < -0.4 is 11.1 Å². The molecule has 0 aromatic rings. The molecule has 0 bridgehead atoms. The highest BCUT2D eigenvalue weighted by atomic mass is 32.2. The van der Waals surface area contributed by atoms with E-state index in [4.69, 9.17) is 11.0 Å². The molecule has 6 heteroatoms. The van der Waals surface area contributed by atoms with Gasteiger partial charge in [-0.15, -0.1) is 0 Å². The third-order valence-corrected chi connectivity index (χ3v) is 4.10. The minimum Gasteiger partial charge on any atom is -0.369 e. The molecule has 0 aromatic carbocycles. The standard InChI is InChI=1S/C9H12N4OS/c10-4-12-9-13-7-5(8(11)14)2-1-3-6(7)15-9/h5-7H,1-3H2,(H2,11,14)(H,12,13). The second kappa shape index (κ2) is 4.11. The molecule has 3 N–H and O–H groups in total. The Morgan fingerprint density at radius 2 is 2.47 bits per heavy atom. The summed E-state index contributed by atoms with van der Waals surface area (Å²) >= 11 is 1.55. The van der Waals surface area contributed by atoms with Crippen LogP contribution in [0.3, 0.4) is 0 Å².